The lowest BCUT2D eigenvalue weighted by molar-refractivity contribution is -0.141. The molecule has 3 aromatic rings. The number of carbonyl (C=O) groups excluding carboxylic acids is 2. The highest BCUT2D eigenvalue weighted by atomic mass is 16.5. The molecule has 1 aromatic heterocycles. The first kappa shape index (κ1) is 19.7. The molecule has 154 valence electrons. The first-order valence-electron chi connectivity index (χ1n) is 9.83. The van der Waals surface area contributed by atoms with Crippen LogP contribution in [-0.4, -0.2) is 45.0 Å². The summed E-state index contributed by atoms with van der Waals surface area (Å²) in [5, 5.41) is 10.4. The van der Waals surface area contributed by atoms with E-state index in [0.717, 1.165) is 16.5 Å². The van der Waals surface area contributed by atoms with Gasteiger partial charge in [0.1, 0.15) is 18.3 Å². The van der Waals surface area contributed by atoms with Crippen LogP contribution in [0, 0.1) is 6.92 Å². The van der Waals surface area contributed by atoms with Gasteiger partial charge < -0.3 is 19.3 Å². The Hall–Kier alpha value is -3.61. The van der Waals surface area contributed by atoms with Gasteiger partial charge in [-0.3, -0.25) is 4.79 Å². The molecule has 1 aliphatic heterocycles. The van der Waals surface area contributed by atoms with Crippen molar-refractivity contribution >= 4 is 28.7 Å². The molecule has 0 unspecified atom stereocenters. The van der Waals surface area contributed by atoms with Crippen molar-refractivity contribution in [1.82, 2.24) is 9.47 Å². The molecule has 1 N–H and O–H groups in total. The number of aliphatic carboxylic acids is 1. The minimum absolute atomic E-state index is 0.0725. The van der Waals surface area contributed by atoms with Crippen molar-refractivity contribution in [2.45, 2.75) is 32.4 Å². The lowest BCUT2D eigenvalue weighted by atomic mass is 10.1. The van der Waals surface area contributed by atoms with Gasteiger partial charge in [-0.1, -0.05) is 18.2 Å². The second-order valence-corrected chi connectivity index (χ2v) is 7.45. The van der Waals surface area contributed by atoms with Crippen LogP contribution < -0.4 is 4.74 Å². The Kier molecular flexibility index (Phi) is 5.27. The molecule has 1 aliphatic rings. The van der Waals surface area contributed by atoms with E-state index in [0.29, 0.717) is 30.7 Å². The van der Waals surface area contributed by atoms with Crippen LogP contribution in [0.4, 0.5) is 0 Å². The van der Waals surface area contributed by atoms with E-state index in [1.54, 1.807) is 24.3 Å². The number of rotatable bonds is 5. The first-order chi connectivity index (χ1) is 14.4. The fourth-order valence-electron chi connectivity index (χ4n) is 3.96. The normalized spacial score (nSPS) is 16.0. The number of para-hydroxylation sites is 1. The third-order valence-electron chi connectivity index (χ3n) is 5.42. The molecular weight excluding hydrogens is 384 g/mol. The Morgan fingerprint density at radius 1 is 1.10 bits per heavy atom. The Morgan fingerprint density at radius 2 is 1.83 bits per heavy atom. The number of hydrogen-bond acceptors (Lipinski definition) is 4. The van der Waals surface area contributed by atoms with Gasteiger partial charge in [0, 0.05) is 29.2 Å². The summed E-state index contributed by atoms with van der Waals surface area (Å²) in [5.74, 6) is -1.40. The van der Waals surface area contributed by atoms with E-state index in [-0.39, 0.29) is 12.5 Å². The maximum absolute atomic E-state index is 12.6. The van der Waals surface area contributed by atoms with Crippen LogP contribution in [0.25, 0.3) is 10.9 Å². The molecule has 2 aromatic carbocycles. The van der Waals surface area contributed by atoms with Gasteiger partial charge in [-0.2, -0.15) is 0 Å². The zero-order valence-corrected chi connectivity index (χ0v) is 16.6. The number of benzene rings is 2. The maximum Gasteiger partial charge on any atom is 0.331 e. The molecule has 1 atom stereocenters. The fraction of sp³-hybridized carbons (Fsp3) is 0.261. The second kappa shape index (κ2) is 8.02. The average molecular weight is 406 g/mol. The molecule has 0 saturated carbocycles. The summed E-state index contributed by atoms with van der Waals surface area (Å²) < 4.78 is 7.27. The summed E-state index contributed by atoms with van der Waals surface area (Å²) in [7, 11) is 0. The second-order valence-electron chi connectivity index (χ2n) is 7.45. The molecule has 1 saturated heterocycles. The number of fused-ring (bicyclic) bond motifs is 1. The zero-order valence-electron chi connectivity index (χ0n) is 16.6. The van der Waals surface area contributed by atoms with E-state index in [2.05, 4.69) is 0 Å². The number of aryl methyl sites for hydroxylation is 1. The van der Waals surface area contributed by atoms with Gasteiger partial charge in [-0.15, -0.1) is 0 Å². The fourth-order valence-corrected chi connectivity index (χ4v) is 3.96. The van der Waals surface area contributed by atoms with Crippen LogP contribution in [0.1, 0.15) is 28.8 Å². The van der Waals surface area contributed by atoms with Gasteiger partial charge in [-0.25, -0.2) is 9.59 Å². The Balaban J connectivity index is 1.42. The lowest BCUT2D eigenvalue weighted by Crippen LogP contribution is -2.40. The van der Waals surface area contributed by atoms with Crippen molar-refractivity contribution in [3.8, 4) is 5.75 Å². The van der Waals surface area contributed by atoms with Gasteiger partial charge in [-0.05, 0) is 55.7 Å². The number of amides is 1. The minimum Gasteiger partial charge on any atom is -0.480 e. The van der Waals surface area contributed by atoms with Crippen LogP contribution in [0.2, 0.25) is 0 Å². The highest BCUT2D eigenvalue weighted by molar-refractivity contribution is 5.97. The predicted molar refractivity (Wildman–Crippen MR) is 110 cm³/mol. The van der Waals surface area contributed by atoms with Crippen molar-refractivity contribution in [3.63, 3.8) is 0 Å². The maximum atomic E-state index is 12.6. The van der Waals surface area contributed by atoms with Crippen molar-refractivity contribution in [2.75, 3.05) is 6.54 Å². The largest absolute Gasteiger partial charge is 0.480 e. The number of carboxylic acid groups (broad SMARTS) is 1. The first-order valence-corrected chi connectivity index (χ1v) is 9.83. The van der Waals surface area contributed by atoms with Crippen molar-refractivity contribution < 1.29 is 24.2 Å². The summed E-state index contributed by atoms with van der Waals surface area (Å²) in [5.41, 5.74) is 2.42. The van der Waals surface area contributed by atoms with E-state index in [1.165, 1.54) is 4.90 Å². The number of ether oxygens (including phenoxy) is 1. The molecular formula is C23H22N2O5. The summed E-state index contributed by atoms with van der Waals surface area (Å²) in [6, 6.07) is 13.3. The third-order valence-corrected chi connectivity index (χ3v) is 5.42. The van der Waals surface area contributed by atoms with E-state index >= 15 is 0 Å². The van der Waals surface area contributed by atoms with E-state index in [1.807, 2.05) is 42.0 Å². The van der Waals surface area contributed by atoms with Crippen molar-refractivity contribution in [3.05, 3.63) is 65.9 Å². The molecule has 7 heteroatoms. The highest BCUT2D eigenvalue weighted by Crippen LogP contribution is 2.23. The molecule has 0 aliphatic carbocycles. The van der Waals surface area contributed by atoms with E-state index in [9.17, 15) is 19.5 Å². The molecule has 0 spiro atoms. The summed E-state index contributed by atoms with van der Waals surface area (Å²) in [6.07, 6.45) is 3.05. The SMILES string of the molecule is Cc1cn(CC(=O)Oc2ccc(C(=O)N3CCC[C@H]3C(=O)O)cc2)c2ccccc12. The monoisotopic (exact) mass is 406 g/mol. The number of aromatic nitrogens is 1. The Morgan fingerprint density at radius 3 is 2.57 bits per heavy atom. The minimum atomic E-state index is -0.987. The molecule has 1 amide bonds. The lowest BCUT2D eigenvalue weighted by Gasteiger charge is -2.21. The predicted octanol–water partition coefficient (Wildman–Crippen LogP) is 3.24. The van der Waals surface area contributed by atoms with Crippen LogP contribution in [0.5, 0.6) is 5.75 Å². The topological polar surface area (TPSA) is 88.8 Å². The van der Waals surface area contributed by atoms with Crippen molar-refractivity contribution in [1.29, 1.82) is 0 Å². The van der Waals surface area contributed by atoms with E-state index in [4.69, 9.17) is 4.74 Å². The van der Waals surface area contributed by atoms with Crippen LogP contribution in [-0.2, 0) is 16.1 Å². The van der Waals surface area contributed by atoms with Crippen molar-refractivity contribution in [2.24, 2.45) is 0 Å². The van der Waals surface area contributed by atoms with E-state index < -0.39 is 18.0 Å². The van der Waals surface area contributed by atoms with Gasteiger partial charge in [0.15, 0.2) is 0 Å². The summed E-state index contributed by atoms with van der Waals surface area (Å²) in [6.45, 7) is 2.50. The van der Waals surface area contributed by atoms with Gasteiger partial charge >= 0.3 is 11.9 Å². The average Bonchev–Trinajstić information content (AvgIpc) is 3.34. The number of carbonyl (C=O) groups is 3. The van der Waals surface area contributed by atoms with Gasteiger partial charge in [0.05, 0.1) is 0 Å². The highest BCUT2D eigenvalue weighted by Gasteiger charge is 2.34. The summed E-state index contributed by atoms with van der Waals surface area (Å²) in [4.78, 5) is 37.7. The molecule has 1 fully saturated rings. The number of nitrogens with zero attached hydrogens (tertiary/aromatic N) is 2. The molecule has 2 heterocycles. The zero-order chi connectivity index (χ0) is 21.3. The number of likely N-dealkylation sites (tertiary alicyclic amines) is 1. The van der Waals surface area contributed by atoms with Crippen LogP contribution in [0.15, 0.2) is 54.7 Å². The van der Waals surface area contributed by atoms with Gasteiger partial charge in [0.2, 0.25) is 0 Å². The Labute approximate surface area is 173 Å². The molecule has 30 heavy (non-hydrogen) atoms. The Bertz CT molecular complexity index is 1120. The summed E-state index contributed by atoms with van der Waals surface area (Å²) >= 11 is 0. The third kappa shape index (κ3) is 3.78. The molecule has 0 radical (unpaired) electrons. The molecule has 4 rings (SSSR count). The number of esters is 1. The quantitative estimate of drug-likeness (QED) is 0.519. The number of carboxylic acids is 1. The van der Waals surface area contributed by atoms with Gasteiger partial charge in [0.25, 0.3) is 5.91 Å². The van der Waals surface area contributed by atoms with Crippen LogP contribution in [0.3, 0.4) is 0 Å². The number of hydrogen-bond donors (Lipinski definition) is 1. The smallest absolute Gasteiger partial charge is 0.331 e. The standard InChI is InChI=1S/C23H22N2O5/c1-15-13-24(19-6-3-2-5-18(15)19)14-21(26)30-17-10-8-16(9-11-17)22(27)25-12-4-7-20(25)23(28)29/h2-3,5-6,8-11,13,20H,4,7,12,14H2,1H3,(H,28,29)/t20-/m0/s1. The molecule has 0 bridgehead atoms. The van der Waals surface area contributed by atoms with Crippen LogP contribution >= 0.6 is 0 Å². The molecule has 7 nitrogen and oxygen atoms in total.